The van der Waals surface area contributed by atoms with Crippen molar-refractivity contribution in [2.75, 3.05) is 0 Å². The molecule has 1 N–H and O–H groups in total. The molecule has 5 rings (SSSR count). The number of rotatable bonds is 1. The molecule has 0 fully saturated rings. The van der Waals surface area contributed by atoms with Crippen molar-refractivity contribution in [1.82, 2.24) is 9.88 Å². The highest BCUT2D eigenvalue weighted by Gasteiger charge is 2.23. The van der Waals surface area contributed by atoms with Crippen LogP contribution in [0.4, 0.5) is 0 Å². The molecule has 1 aliphatic heterocycles. The number of fused-ring (bicyclic) bond motifs is 4. The van der Waals surface area contributed by atoms with E-state index in [1.54, 1.807) is 0 Å². The summed E-state index contributed by atoms with van der Waals surface area (Å²) < 4.78 is 3.67. The number of para-hydroxylation sites is 1. The van der Waals surface area contributed by atoms with Crippen LogP contribution in [0.5, 0.6) is 0 Å². The largest absolute Gasteiger partial charge is 0.319 e. The molecule has 1 unspecified atom stereocenters. The van der Waals surface area contributed by atoms with Crippen LogP contribution < -0.4 is 5.32 Å². The van der Waals surface area contributed by atoms with Crippen LogP contribution in [-0.2, 0) is 6.54 Å². The predicted octanol–water partition coefficient (Wildman–Crippen LogP) is 5.31. The SMILES string of the molecule is Cl.c1ccc2c(c1)CNC(c1cc3ccccc3s1)c1cccn1-2. The number of nitrogens with zero attached hydrogens (tertiary/aromatic N) is 1. The first kappa shape index (κ1) is 15.5. The first-order chi connectivity index (χ1) is 11.4. The molecule has 24 heavy (non-hydrogen) atoms. The molecular formula is C20H17ClN2S. The van der Waals surface area contributed by atoms with E-state index in [2.05, 4.69) is 82.8 Å². The van der Waals surface area contributed by atoms with E-state index in [0.717, 1.165) is 6.54 Å². The maximum absolute atomic E-state index is 3.75. The smallest absolute Gasteiger partial charge is 0.0831 e. The zero-order valence-corrected chi connectivity index (χ0v) is 14.6. The van der Waals surface area contributed by atoms with Crippen LogP contribution in [-0.4, -0.2) is 4.57 Å². The monoisotopic (exact) mass is 352 g/mol. The highest BCUT2D eigenvalue weighted by Crippen LogP contribution is 2.36. The van der Waals surface area contributed by atoms with Gasteiger partial charge in [-0.05, 0) is 41.3 Å². The van der Waals surface area contributed by atoms with Crippen molar-refractivity contribution in [3.8, 4) is 5.69 Å². The van der Waals surface area contributed by atoms with Crippen molar-refractivity contribution in [3.05, 3.63) is 89.1 Å². The Kier molecular flexibility index (Phi) is 3.93. The molecule has 0 spiro atoms. The summed E-state index contributed by atoms with van der Waals surface area (Å²) in [5, 5.41) is 5.07. The second-order valence-corrected chi connectivity index (χ2v) is 7.05. The van der Waals surface area contributed by atoms with Crippen molar-refractivity contribution < 1.29 is 0 Å². The van der Waals surface area contributed by atoms with Gasteiger partial charge in [0.25, 0.3) is 0 Å². The van der Waals surface area contributed by atoms with Crippen LogP contribution in [0.15, 0.2) is 72.9 Å². The molecule has 3 heterocycles. The third-order valence-electron chi connectivity index (χ3n) is 4.55. The molecule has 2 aromatic carbocycles. The summed E-state index contributed by atoms with van der Waals surface area (Å²) in [6.07, 6.45) is 2.17. The maximum Gasteiger partial charge on any atom is 0.0831 e. The van der Waals surface area contributed by atoms with E-state index in [1.807, 2.05) is 11.3 Å². The molecule has 0 bridgehead atoms. The predicted molar refractivity (Wildman–Crippen MR) is 104 cm³/mol. The van der Waals surface area contributed by atoms with Gasteiger partial charge in [-0.1, -0.05) is 36.4 Å². The summed E-state index contributed by atoms with van der Waals surface area (Å²) in [6.45, 7) is 0.886. The molecule has 0 saturated carbocycles. The fourth-order valence-corrected chi connectivity index (χ4v) is 4.60. The van der Waals surface area contributed by atoms with Gasteiger partial charge in [-0.25, -0.2) is 0 Å². The third-order valence-corrected chi connectivity index (χ3v) is 5.73. The van der Waals surface area contributed by atoms with Crippen molar-refractivity contribution in [2.24, 2.45) is 0 Å². The zero-order chi connectivity index (χ0) is 15.2. The number of thiophene rings is 1. The minimum atomic E-state index is 0. The highest BCUT2D eigenvalue weighted by molar-refractivity contribution is 7.19. The maximum atomic E-state index is 3.75. The van der Waals surface area contributed by atoms with Gasteiger partial charge < -0.3 is 9.88 Å². The molecule has 4 aromatic rings. The Hall–Kier alpha value is -2.07. The van der Waals surface area contributed by atoms with Gasteiger partial charge >= 0.3 is 0 Å². The second kappa shape index (κ2) is 6.10. The van der Waals surface area contributed by atoms with Gasteiger partial charge in [0, 0.05) is 33.7 Å². The van der Waals surface area contributed by atoms with Crippen LogP contribution in [0.3, 0.4) is 0 Å². The van der Waals surface area contributed by atoms with Crippen LogP contribution in [0.1, 0.15) is 22.2 Å². The van der Waals surface area contributed by atoms with Gasteiger partial charge in [0.1, 0.15) is 0 Å². The fourth-order valence-electron chi connectivity index (χ4n) is 3.45. The van der Waals surface area contributed by atoms with Crippen molar-refractivity contribution in [2.45, 2.75) is 12.6 Å². The van der Waals surface area contributed by atoms with Gasteiger partial charge in [0.2, 0.25) is 0 Å². The molecule has 2 aromatic heterocycles. The quantitative estimate of drug-likeness (QED) is 0.491. The number of halogens is 1. The molecule has 1 aliphatic rings. The van der Waals surface area contributed by atoms with E-state index >= 15 is 0 Å². The average molecular weight is 353 g/mol. The van der Waals surface area contributed by atoms with E-state index in [-0.39, 0.29) is 18.4 Å². The summed E-state index contributed by atoms with van der Waals surface area (Å²) in [7, 11) is 0. The lowest BCUT2D eigenvalue weighted by Crippen LogP contribution is -2.20. The molecule has 0 amide bonds. The lowest BCUT2D eigenvalue weighted by molar-refractivity contribution is 0.609. The van der Waals surface area contributed by atoms with E-state index < -0.39 is 0 Å². The summed E-state index contributed by atoms with van der Waals surface area (Å²) in [5.74, 6) is 0. The normalized spacial score (nSPS) is 16.1. The summed E-state index contributed by atoms with van der Waals surface area (Å²) in [6, 6.07) is 24.2. The molecule has 0 saturated heterocycles. The van der Waals surface area contributed by atoms with Crippen molar-refractivity contribution in [3.63, 3.8) is 0 Å². The number of hydrogen-bond donors (Lipinski definition) is 1. The Balaban J connectivity index is 0.00000146. The first-order valence-corrected chi connectivity index (χ1v) is 8.69. The molecular weight excluding hydrogens is 336 g/mol. The van der Waals surface area contributed by atoms with Crippen LogP contribution in [0, 0.1) is 0 Å². The van der Waals surface area contributed by atoms with Crippen molar-refractivity contribution >= 4 is 33.8 Å². The van der Waals surface area contributed by atoms with Gasteiger partial charge in [-0.15, -0.1) is 23.7 Å². The lowest BCUT2D eigenvalue weighted by Gasteiger charge is -2.15. The number of hydrogen-bond acceptors (Lipinski definition) is 2. The lowest BCUT2D eigenvalue weighted by atomic mass is 10.1. The standard InChI is InChI=1S/C20H16N2S.ClH/c1-3-8-16-15(7-1)13-21-20(17-9-5-11-22(16)17)19-12-14-6-2-4-10-18(14)23-19;/h1-12,20-21H,13H2;1H. The minimum Gasteiger partial charge on any atom is -0.319 e. The molecule has 0 radical (unpaired) electrons. The van der Waals surface area contributed by atoms with Crippen LogP contribution >= 0.6 is 23.7 Å². The van der Waals surface area contributed by atoms with Gasteiger partial charge in [0.15, 0.2) is 0 Å². The summed E-state index contributed by atoms with van der Waals surface area (Å²) in [5.41, 5.74) is 3.93. The number of benzene rings is 2. The first-order valence-electron chi connectivity index (χ1n) is 7.87. The Labute approximate surface area is 151 Å². The van der Waals surface area contributed by atoms with E-state index in [9.17, 15) is 0 Å². The second-order valence-electron chi connectivity index (χ2n) is 5.93. The van der Waals surface area contributed by atoms with Crippen LogP contribution in [0.2, 0.25) is 0 Å². The van der Waals surface area contributed by atoms with Gasteiger partial charge in [-0.2, -0.15) is 0 Å². The summed E-state index contributed by atoms with van der Waals surface area (Å²) >= 11 is 1.88. The van der Waals surface area contributed by atoms with E-state index in [1.165, 1.54) is 31.9 Å². The fraction of sp³-hybridized carbons (Fsp3) is 0.100. The van der Waals surface area contributed by atoms with Crippen LogP contribution in [0.25, 0.3) is 15.8 Å². The molecule has 2 nitrogen and oxygen atoms in total. The Morgan fingerprint density at radius 2 is 1.79 bits per heavy atom. The third kappa shape index (κ3) is 2.37. The van der Waals surface area contributed by atoms with Crippen molar-refractivity contribution in [1.29, 1.82) is 0 Å². The van der Waals surface area contributed by atoms with E-state index in [0.29, 0.717) is 0 Å². The van der Waals surface area contributed by atoms with Gasteiger partial charge in [-0.3, -0.25) is 0 Å². The Bertz CT molecular complexity index is 968. The number of nitrogens with one attached hydrogen (secondary N) is 1. The highest BCUT2D eigenvalue weighted by atomic mass is 35.5. The number of aromatic nitrogens is 1. The minimum absolute atomic E-state index is 0. The zero-order valence-electron chi connectivity index (χ0n) is 13.0. The molecule has 4 heteroatoms. The molecule has 1 atom stereocenters. The molecule has 120 valence electrons. The molecule has 0 aliphatic carbocycles. The Morgan fingerprint density at radius 3 is 2.71 bits per heavy atom. The van der Waals surface area contributed by atoms with E-state index in [4.69, 9.17) is 0 Å². The topological polar surface area (TPSA) is 17.0 Å². The Morgan fingerprint density at radius 1 is 0.958 bits per heavy atom. The van der Waals surface area contributed by atoms with Gasteiger partial charge in [0.05, 0.1) is 6.04 Å². The summed E-state index contributed by atoms with van der Waals surface area (Å²) in [4.78, 5) is 1.37. The average Bonchev–Trinajstić information content (AvgIpc) is 3.20.